The smallest absolute Gasteiger partial charge is 0.324 e. The predicted octanol–water partition coefficient (Wildman–Crippen LogP) is 4.89. The zero-order chi connectivity index (χ0) is 26.6. The minimum Gasteiger partial charge on any atom is -0.457 e. The molecule has 0 aliphatic rings. The molecule has 11 heteroatoms. The molecule has 0 fully saturated rings. The summed E-state index contributed by atoms with van der Waals surface area (Å²) in [5, 5.41) is 12.3. The number of benzene rings is 1. The molecular formula is C26H26FN7O3. The molecule has 4 rings (SSSR count). The van der Waals surface area contributed by atoms with Crippen LogP contribution in [0.3, 0.4) is 0 Å². The summed E-state index contributed by atoms with van der Waals surface area (Å²) in [4.78, 5) is 32.6. The summed E-state index contributed by atoms with van der Waals surface area (Å²) < 4.78 is 22.0. The van der Waals surface area contributed by atoms with Gasteiger partial charge >= 0.3 is 6.03 Å². The lowest BCUT2D eigenvalue weighted by atomic mass is 9.92. The Kier molecular flexibility index (Phi) is 7.14. The molecule has 0 aliphatic heterocycles. The van der Waals surface area contributed by atoms with Crippen LogP contribution < -0.4 is 20.7 Å². The van der Waals surface area contributed by atoms with Crippen molar-refractivity contribution in [2.45, 2.75) is 26.2 Å². The van der Waals surface area contributed by atoms with Crippen LogP contribution in [0.1, 0.15) is 37.0 Å². The number of hydrogen-bond donors (Lipinski definition) is 3. The van der Waals surface area contributed by atoms with Crippen LogP contribution in [0.25, 0.3) is 5.69 Å². The number of halogens is 1. The maximum absolute atomic E-state index is 14.8. The van der Waals surface area contributed by atoms with Crippen molar-refractivity contribution < 1.29 is 18.7 Å². The Morgan fingerprint density at radius 1 is 1.00 bits per heavy atom. The van der Waals surface area contributed by atoms with Crippen LogP contribution in [0.4, 0.5) is 20.7 Å². The van der Waals surface area contributed by atoms with Gasteiger partial charge in [0.1, 0.15) is 28.8 Å². The third-order valence-electron chi connectivity index (χ3n) is 5.23. The van der Waals surface area contributed by atoms with Crippen molar-refractivity contribution in [1.29, 1.82) is 0 Å². The van der Waals surface area contributed by atoms with Gasteiger partial charge in [-0.15, -0.1) is 0 Å². The first kappa shape index (κ1) is 25.3. The summed E-state index contributed by atoms with van der Waals surface area (Å²) in [7, 11) is 1.49. The van der Waals surface area contributed by atoms with Crippen LogP contribution in [0.5, 0.6) is 11.5 Å². The number of carbonyl (C=O) groups excluding carboxylic acids is 2. The van der Waals surface area contributed by atoms with Gasteiger partial charge in [0.2, 0.25) is 0 Å². The number of carbonyl (C=O) groups is 2. The summed E-state index contributed by atoms with van der Waals surface area (Å²) >= 11 is 0. The highest BCUT2D eigenvalue weighted by Gasteiger charge is 2.22. The van der Waals surface area contributed by atoms with E-state index in [4.69, 9.17) is 4.74 Å². The Bertz CT molecular complexity index is 1430. The summed E-state index contributed by atoms with van der Waals surface area (Å²) in [6, 6.07) is 11.7. The second-order valence-electron chi connectivity index (χ2n) is 9.07. The number of amides is 3. The van der Waals surface area contributed by atoms with E-state index in [2.05, 4.69) is 31.0 Å². The van der Waals surface area contributed by atoms with Crippen LogP contribution in [0.2, 0.25) is 0 Å². The lowest BCUT2D eigenvalue weighted by Gasteiger charge is -2.14. The Labute approximate surface area is 212 Å². The standard InChI is InChI=1S/C26H26FN7O3/c1-26(2,3)22-14-23(34(33-22)16-6-5-10-29-15-16)32-25(36)31-20-8-7-17(12-19(20)27)37-18-9-11-30-21(13-18)24(35)28-4/h5-15H,1-4H3,(H,28,35)(H2,31,32,36). The van der Waals surface area contributed by atoms with E-state index in [1.807, 2.05) is 26.8 Å². The van der Waals surface area contributed by atoms with Gasteiger partial charge in [0.15, 0.2) is 0 Å². The van der Waals surface area contributed by atoms with Gasteiger partial charge in [0.25, 0.3) is 5.91 Å². The normalized spacial score (nSPS) is 11.1. The molecule has 3 aromatic heterocycles. The summed E-state index contributed by atoms with van der Waals surface area (Å²) in [6.07, 6.45) is 4.68. The van der Waals surface area contributed by atoms with E-state index < -0.39 is 11.8 Å². The Hall–Kier alpha value is -4.80. The van der Waals surface area contributed by atoms with Gasteiger partial charge < -0.3 is 15.4 Å². The fourth-order valence-electron chi connectivity index (χ4n) is 3.31. The lowest BCUT2D eigenvalue weighted by molar-refractivity contribution is 0.0957. The maximum atomic E-state index is 14.8. The van der Waals surface area contributed by atoms with Gasteiger partial charge in [0, 0.05) is 43.1 Å². The lowest BCUT2D eigenvalue weighted by Crippen LogP contribution is -2.22. The molecule has 0 spiro atoms. The number of hydrogen-bond acceptors (Lipinski definition) is 6. The molecule has 1 aromatic carbocycles. The van der Waals surface area contributed by atoms with Crippen molar-refractivity contribution in [3.05, 3.63) is 84.3 Å². The van der Waals surface area contributed by atoms with Crippen molar-refractivity contribution in [2.75, 3.05) is 17.7 Å². The number of nitrogens with one attached hydrogen (secondary N) is 3. The highest BCUT2D eigenvalue weighted by Crippen LogP contribution is 2.28. The van der Waals surface area contributed by atoms with Crippen molar-refractivity contribution in [3.63, 3.8) is 0 Å². The molecule has 3 amide bonds. The molecule has 0 saturated heterocycles. The van der Waals surface area contributed by atoms with Crippen molar-refractivity contribution >= 4 is 23.4 Å². The number of rotatable bonds is 6. The first-order chi connectivity index (χ1) is 17.6. The SMILES string of the molecule is CNC(=O)c1cc(Oc2ccc(NC(=O)Nc3cc(C(C)(C)C)nn3-c3cccnc3)c(F)c2)ccn1. The van der Waals surface area contributed by atoms with Crippen LogP contribution in [-0.2, 0) is 5.41 Å². The summed E-state index contributed by atoms with van der Waals surface area (Å²) in [5.74, 6) is -0.182. The van der Waals surface area contributed by atoms with Crippen molar-refractivity contribution in [1.82, 2.24) is 25.1 Å². The van der Waals surface area contributed by atoms with Crippen molar-refractivity contribution in [2.24, 2.45) is 0 Å². The first-order valence-corrected chi connectivity index (χ1v) is 11.4. The minimum atomic E-state index is -0.704. The molecule has 0 bridgehead atoms. The molecule has 37 heavy (non-hydrogen) atoms. The molecule has 0 atom stereocenters. The van der Waals surface area contributed by atoms with Crippen LogP contribution >= 0.6 is 0 Å². The molecule has 3 N–H and O–H groups in total. The van der Waals surface area contributed by atoms with Crippen LogP contribution in [0.15, 0.2) is 67.1 Å². The van der Waals surface area contributed by atoms with E-state index in [1.54, 1.807) is 35.3 Å². The third kappa shape index (κ3) is 6.07. The first-order valence-electron chi connectivity index (χ1n) is 11.4. The molecular weight excluding hydrogens is 477 g/mol. The van der Waals surface area contributed by atoms with Gasteiger partial charge in [-0.25, -0.2) is 13.9 Å². The fraction of sp³-hybridized carbons (Fsp3) is 0.192. The summed E-state index contributed by atoms with van der Waals surface area (Å²) in [5.41, 5.74) is 1.27. The molecule has 190 valence electrons. The molecule has 0 saturated carbocycles. The van der Waals surface area contributed by atoms with Gasteiger partial charge in [-0.2, -0.15) is 5.10 Å². The number of aromatic nitrogens is 4. The third-order valence-corrected chi connectivity index (χ3v) is 5.23. The topological polar surface area (TPSA) is 123 Å². The number of urea groups is 1. The second kappa shape index (κ2) is 10.4. The van der Waals surface area contributed by atoms with E-state index in [0.717, 1.165) is 11.8 Å². The van der Waals surface area contributed by atoms with E-state index in [1.165, 1.54) is 31.4 Å². The van der Waals surface area contributed by atoms with E-state index >= 15 is 0 Å². The zero-order valence-electron chi connectivity index (χ0n) is 20.7. The quantitative estimate of drug-likeness (QED) is 0.344. The predicted molar refractivity (Wildman–Crippen MR) is 137 cm³/mol. The highest BCUT2D eigenvalue weighted by molar-refractivity contribution is 5.99. The average Bonchev–Trinajstić information content (AvgIpc) is 3.30. The van der Waals surface area contributed by atoms with E-state index in [9.17, 15) is 14.0 Å². The Morgan fingerprint density at radius 2 is 1.78 bits per heavy atom. The van der Waals surface area contributed by atoms with Gasteiger partial charge in [0.05, 0.1) is 23.3 Å². The maximum Gasteiger partial charge on any atom is 0.324 e. The zero-order valence-corrected chi connectivity index (χ0v) is 20.7. The highest BCUT2D eigenvalue weighted by atomic mass is 19.1. The number of ether oxygens (including phenoxy) is 1. The summed E-state index contributed by atoms with van der Waals surface area (Å²) in [6.45, 7) is 6.03. The number of nitrogens with zero attached hydrogens (tertiary/aromatic N) is 4. The monoisotopic (exact) mass is 503 g/mol. The number of pyridine rings is 2. The van der Waals surface area contributed by atoms with Crippen LogP contribution in [0, 0.1) is 5.82 Å². The van der Waals surface area contributed by atoms with Crippen molar-refractivity contribution in [3.8, 4) is 17.2 Å². The average molecular weight is 504 g/mol. The van der Waals surface area contributed by atoms with Gasteiger partial charge in [-0.1, -0.05) is 20.8 Å². The Morgan fingerprint density at radius 3 is 2.46 bits per heavy atom. The molecule has 3 heterocycles. The molecule has 0 aliphatic carbocycles. The largest absolute Gasteiger partial charge is 0.457 e. The van der Waals surface area contributed by atoms with E-state index in [0.29, 0.717) is 17.3 Å². The van der Waals surface area contributed by atoms with Gasteiger partial charge in [-0.3, -0.25) is 20.1 Å². The fourth-order valence-corrected chi connectivity index (χ4v) is 3.31. The van der Waals surface area contributed by atoms with Gasteiger partial charge in [-0.05, 0) is 30.3 Å². The van der Waals surface area contributed by atoms with E-state index in [-0.39, 0.29) is 28.5 Å². The van der Waals surface area contributed by atoms with Crippen LogP contribution in [-0.4, -0.2) is 38.7 Å². The second-order valence-corrected chi connectivity index (χ2v) is 9.07. The molecule has 0 radical (unpaired) electrons. The Balaban J connectivity index is 1.49. The molecule has 10 nitrogen and oxygen atoms in total. The molecule has 0 unspecified atom stereocenters. The molecule has 4 aromatic rings. The number of anilines is 2. The minimum absolute atomic E-state index is 0.0471.